The van der Waals surface area contributed by atoms with Crippen LogP contribution in [0.2, 0.25) is 0 Å². The Hall–Kier alpha value is -3.36. The number of benzene rings is 2. The maximum Gasteiger partial charge on any atom is 0.417 e. The van der Waals surface area contributed by atoms with E-state index in [1.165, 1.54) is 13.0 Å². The van der Waals surface area contributed by atoms with Crippen LogP contribution in [0.1, 0.15) is 44.7 Å². The fourth-order valence-electron chi connectivity index (χ4n) is 2.94. The maximum atomic E-state index is 13.1. The second kappa shape index (κ2) is 11.4. The highest BCUT2D eigenvalue weighted by Gasteiger charge is 2.35. The molecule has 0 bridgehead atoms. The van der Waals surface area contributed by atoms with Crippen molar-refractivity contribution in [2.24, 2.45) is 0 Å². The summed E-state index contributed by atoms with van der Waals surface area (Å²) in [7, 11) is 0. The fourth-order valence-corrected chi connectivity index (χ4v) is 3.85. The molecule has 0 aromatic heterocycles. The Morgan fingerprint density at radius 2 is 1.63 bits per heavy atom. The van der Waals surface area contributed by atoms with E-state index in [1.807, 2.05) is 0 Å². The molecular formula is C24H24F3N3O4S. The van der Waals surface area contributed by atoms with Crippen molar-refractivity contribution >= 4 is 40.9 Å². The number of thioether (sulfide) groups is 1. The summed E-state index contributed by atoms with van der Waals surface area (Å²) in [4.78, 5) is 38.5. The number of amides is 3. The predicted octanol–water partition coefficient (Wildman–Crippen LogP) is 4.74. The third kappa shape index (κ3) is 7.07. The quantitative estimate of drug-likeness (QED) is 0.500. The van der Waals surface area contributed by atoms with Crippen LogP contribution in [0.15, 0.2) is 47.4 Å². The zero-order chi connectivity index (χ0) is 26.4. The smallest absolute Gasteiger partial charge is 0.379 e. The number of nitrogens with one attached hydrogen (secondary N) is 1. The van der Waals surface area contributed by atoms with Crippen molar-refractivity contribution in [3.8, 4) is 6.07 Å². The number of nitriles is 1. The van der Waals surface area contributed by atoms with Gasteiger partial charge >= 0.3 is 6.18 Å². The SMILES string of the molecule is CCC(=O)N(C(=O)CC)c1ccc(SC[C@](C)(O)C(=O)Nc2ccc(C#N)c(C(F)(F)F)c2)cc1. The number of halogens is 3. The summed E-state index contributed by atoms with van der Waals surface area (Å²) >= 11 is 1.11. The Morgan fingerprint density at radius 1 is 1.06 bits per heavy atom. The first kappa shape index (κ1) is 27.9. The molecule has 35 heavy (non-hydrogen) atoms. The molecule has 0 aliphatic carbocycles. The van der Waals surface area contributed by atoms with Crippen LogP contribution < -0.4 is 10.2 Å². The van der Waals surface area contributed by atoms with Gasteiger partial charge in [-0.05, 0) is 49.4 Å². The van der Waals surface area contributed by atoms with Crippen LogP contribution in [0.3, 0.4) is 0 Å². The normalized spacial score (nSPS) is 12.9. The molecule has 186 valence electrons. The largest absolute Gasteiger partial charge is 0.417 e. The van der Waals surface area contributed by atoms with Gasteiger partial charge in [0.1, 0.15) is 5.60 Å². The van der Waals surface area contributed by atoms with E-state index in [2.05, 4.69) is 5.32 Å². The van der Waals surface area contributed by atoms with Crippen molar-refractivity contribution in [1.29, 1.82) is 5.26 Å². The third-order valence-corrected chi connectivity index (χ3v) is 6.22. The van der Waals surface area contributed by atoms with E-state index >= 15 is 0 Å². The van der Waals surface area contributed by atoms with Crippen LogP contribution in [-0.2, 0) is 20.6 Å². The van der Waals surface area contributed by atoms with E-state index in [1.54, 1.807) is 38.1 Å². The minimum absolute atomic E-state index is 0.133. The van der Waals surface area contributed by atoms with E-state index in [9.17, 15) is 32.7 Å². The maximum absolute atomic E-state index is 13.1. The lowest BCUT2D eigenvalue weighted by Gasteiger charge is -2.23. The van der Waals surface area contributed by atoms with Gasteiger partial charge in [0, 0.05) is 29.2 Å². The van der Waals surface area contributed by atoms with E-state index in [0.717, 1.165) is 28.8 Å². The Labute approximate surface area is 204 Å². The summed E-state index contributed by atoms with van der Waals surface area (Å²) in [5.41, 5.74) is -3.53. The van der Waals surface area contributed by atoms with Gasteiger partial charge < -0.3 is 10.4 Å². The van der Waals surface area contributed by atoms with Crippen molar-refractivity contribution in [1.82, 2.24) is 0 Å². The van der Waals surface area contributed by atoms with Gasteiger partial charge in [-0.25, -0.2) is 0 Å². The van der Waals surface area contributed by atoms with Gasteiger partial charge in [0.05, 0.1) is 22.9 Å². The van der Waals surface area contributed by atoms with E-state index in [-0.39, 0.29) is 36.1 Å². The number of aliphatic hydroxyl groups is 1. The first-order valence-corrected chi connectivity index (χ1v) is 11.6. The zero-order valence-electron chi connectivity index (χ0n) is 19.3. The number of alkyl halides is 3. The highest BCUT2D eigenvalue weighted by atomic mass is 32.2. The molecule has 0 spiro atoms. The number of carbonyl (C=O) groups is 3. The van der Waals surface area contributed by atoms with Crippen molar-refractivity contribution in [3.63, 3.8) is 0 Å². The van der Waals surface area contributed by atoms with Crippen molar-refractivity contribution in [2.45, 2.75) is 50.3 Å². The van der Waals surface area contributed by atoms with Crippen LogP contribution >= 0.6 is 11.8 Å². The summed E-state index contributed by atoms with van der Waals surface area (Å²) in [5.74, 6) is -1.74. The molecule has 2 N–H and O–H groups in total. The van der Waals surface area contributed by atoms with Crippen LogP contribution in [0.4, 0.5) is 24.5 Å². The minimum Gasteiger partial charge on any atom is -0.379 e. The zero-order valence-corrected chi connectivity index (χ0v) is 20.1. The lowest BCUT2D eigenvalue weighted by Crippen LogP contribution is -2.42. The molecule has 3 amide bonds. The Kier molecular flexibility index (Phi) is 9.06. The Balaban J connectivity index is 2.10. The molecule has 1 atom stereocenters. The van der Waals surface area contributed by atoms with Gasteiger partial charge in [-0.2, -0.15) is 18.4 Å². The molecule has 7 nitrogen and oxygen atoms in total. The van der Waals surface area contributed by atoms with Gasteiger partial charge in [-0.1, -0.05) is 13.8 Å². The molecule has 0 aliphatic heterocycles. The topological polar surface area (TPSA) is 110 Å². The van der Waals surface area contributed by atoms with Crippen LogP contribution in [0, 0.1) is 11.3 Å². The molecule has 0 fully saturated rings. The molecule has 2 rings (SSSR count). The lowest BCUT2D eigenvalue weighted by atomic mass is 10.1. The van der Waals surface area contributed by atoms with Crippen LogP contribution in [0.5, 0.6) is 0 Å². The van der Waals surface area contributed by atoms with Crippen molar-refractivity contribution < 1.29 is 32.7 Å². The monoisotopic (exact) mass is 507 g/mol. The first-order chi connectivity index (χ1) is 16.3. The number of hydrogen-bond donors (Lipinski definition) is 2. The van der Waals surface area contributed by atoms with E-state index < -0.39 is 28.8 Å². The molecule has 0 unspecified atom stereocenters. The Morgan fingerprint density at radius 3 is 2.11 bits per heavy atom. The molecule has 0 heterocycles. The van der Waals surface area contributed by atoms with Gasteiger partial charge in [0.15, 0.2) is 0 Å². The molecule has 11 heteroatoms. The van der Waals surface area contributed by atoms with Gasteiger partial charge in [-0.15, -0.1) is 11.8 Å². The highest BCUT2D eigenvalue weighted by Crippen LogP contribution is 2.34. The molecule has 0 saturated carbocycles. The molecule has 0 radical (unpaired) electrons. The average molecular weight is 508 g/mol. The summed E-state index contributed by atoms with van der Waals surface area (Å²) in [5, 5.41) is 21.7. The van der Waals surface area contributed by atoms with Gasteiger partial charge in [-0.3, -0.25) is 19.3 Å². The highest BCUT2D eigenvalue weighted by molar-refractivity contribution is 7.99. The number of hydrogen-bond acceptors (Lipinski definition) is 6. The second-order valence-electron chi connectivity index (χ2n) is 7.71. The molecular weight excluding hydrogens is 483 g/mol. The standard InChI is InChI=1S/C24H24F3N3O4S/c1-4-20(31)30(21(32)5-2)17-8-10-18(11-9-17)35-14-23(3,34)22(33)29-16-7-6-15(13-28)19(12-16)24(25,26)27/h6-12,34H,4-5,14H2,1-3H3,(H,29,33)/t23-/m0/s1. The molecule has 2 aromatic carbocycles. The minimum atomic E-state index is -4.78. The van der Waals surface area contributed by atoms with Gasteiger partial charge in [0.2, 0.25) is 11.8 Å². The fraction of sp³-hybridized carbons (Fsp3) is 0.333. The Bertz CT molecular complexity index is 1130. The summed E-state index contributed by atoms with van der Waals surface area (Å²) in [6, 6.07) is 10.6. The van der Waals surface area contributed by atoms with Crippen LogP contribution in [0.25, 0.3) is 0 Å². The summed E-state index contributed by atoms with van der Waals surface area (Å²) < 4.78 is 39.4. The average Bonchev–Trinajstić information content (AvgIpc) is 2.82. The summed E-state index contributed by atoms with van der Waals surface area (Å²) in [6.45, 7) is 4.52. The number of anilines is 2. The predicted molar refractivity (Wildman–Crippen MR) is 126 cm³/mol. The van der Waals surface area contributed by atoms with E-state index in [4.69, 9.17) is 5.26 Å². The molecule has 0 aliphatic rings. The number of rotatable bonds is 8. The number of carbonyl (C=O) groups excluding carboxylic acids is 3. The number of imide groups is 1. The lowest BCUT2D eigenvalue weighted by molar-refractivity contribution is -0.138. The van der Waals surface area contributed by atoms with Crippen molar-refractivity contribution in [2.75, 3.05) is 16.0 Å². The van der Waals surface area contributed by atoms with E-state index in [0.29, 0.717) is 16.6 Å². The third-order valence-electron chi connectivity index (χ3n) is 4.91. The second-order valence-corrected chi connectivity index (χ2v) is 8.76. The number of nitrogens with zero attached hydrogens (tertiary/aromatic N) is 2. The van der Waals surface area contributed by atoms with Crippen LogP contribution in [-0.4, -0.2) is 34.2 Å². The first-order valence-electron chi connectivity index (χ1n) is 10.6. The van der Waals surface area contributed by atoms with Gasteiger partial charge in [0.25, 0.3) is 5.91 Å². The molecule has 2 aromatic rings. The summed E-state index contributed by atoms with van der Waals surface area (Å²) in [6.07, 6.45) is -4.47. The molecule has 0 saturated heterocycles. The van der Waals surface area contributed by atoms with Crippen molar-refractivity contribution in [3.05, 3.63) is 53.6 Å².